The summed E-state index contributed by atoms with van der Waals surface area (Å²) in [5.74, 6) is -1.68. The fraction of sp³-hybridized carbons (Fsp3) is 0.250. The summed E-state index contributed by atoms with van der Waals surface area (Å²) in [4.78, 5) is 27.2. The zero-order valence-corrected chi connectivity index (χ0v) is 17.3. The number of hydrogen-bond donors (Lipinski definition) is 2. The highest BCUT2D eigenvalue weighted by Gasteiger charge is 2.25. The van der Waals surface area contributed by atoms with Gasteiger partial charge in [-0.05, 0) is 49.2 Å². The molecule has 2 N–H and O–H groups in total. The predicted octanol–water partition coefficient (Wildman–Crippen LogP) is 3.89. The maximum atomic E-state index is 13.9. The zero-order valence-electron chi connectivity index (χ0n) is 17.3. The van der Waals surface area contributed by atoms with E-state index >= 15 is 0 Å². The number of carbonyl (C=O) groups excluding carboxylic acids is 2. The van der Waals surface area contributed by atoms with Gasteiger partial charge in [0.15, 0.2) is 0 Å². The number of carbonyl (C=O) groups is 2. The van der Waals surface area contributed by atoms with Crippen molar-refractivity contribution < 1.29 is 22.8 Å². The molecule has 4 rings (SSSR count). The lowest BCUT2D eigenvalue weighted by atomic mass is 10.0. The molecule has 0 unspecified atom stereocenters. The highest BCUT2D eigenvalue weighted by atomic mass is 19.1. The fourth-order valence-corrected chi connectivity index (χ4v) is 3.82. The van der Waals surface area contributed by atoms with E-state index in [-0.39, 0.29) is 17.5 Å². The van der Waals surface area contributed by atoms with Gasteiger partial charge < -0.3 is 20.0 Å². The molecule has 2 heterocycles. The molecule has 8 heteroatoms. The summed E-state index contributed by atoms with van der Waals surface area (Å²) in [6.45, 7) is 1.55. The standard InChI is InChI=1S/C24H23F2N3O3/c25-16-7-8-19(21(26)14-16)24(31)28-17-9-11-29(12-10-17)22-6-2-1-5-20(22)23(30)27-15-18-4-3-13-32-18/h1-8,13-14,17H,9-12,15H2,(H,27,30)(H,28,31). The van der Waals surface area contributed by atoms with Gasteiger partial charge in [-0.25, -0.2) is 8.78 Å². The number of anilines is 1. The van der Waals surface area contributed by atoms with Gasteiger partial charge in [-0.3, -0.25) is 9.59 Å². The van der Waals surface area contributed by atoms with Gasteiger partial charge in [-0.2, -0.15) is 0 Å². The van der Waals surface area contributed by atoms with Gasteiger partial charge in [0.25, 0.3) is 11.8 Å². The van der Waals surface area contributed by atoms with Crippen LogP contribution >= 0.6 is 0 Å². The zero-order chi connectivity index (χ0) is 22.5. The van der Waals surface area contributed by atoms with E-state index in [0.29, 0.717) is 49.9 Å². The summed E-state index contributed by atoms with van der Waals surface area (Å²) < 4.78 is 32.2. The van der Waals surface area contributed by atoms with Crippen LogP contribution in [0.5, 0.6) is 0 Å². The van der Waals surface area contributed by atoms with E-state index in [1.54, 1.807) is 24.5 Å². The molecular weight excluding hydrogens is 416 g/mol. The molecule has 1 saturated heterocycles. The molecule has 0 bridgehead atoms. The van der Waals surface area contributed by atoms with Crippen LogP contribution in [0.3, 0.4) is 0 Å². The number of rotatable bonds is 6. The smallest absolute Gasteiger partial charge is 0.254 e. The molecule has 2 amide bonds. The Hall–Kier alpha value is -3.68. The normalized spacial score (nSPS) is 14.2. The van der Waals surface area contributed by atoms with E-state index in [4.69, 9.17) is 4.42 Å². The number of benzene rings is 2. The van der Waals surface area contributed by atoms with Crippen molar-refractivity contribution in [1.82, 2.24) is 10.6 Å². The van der Waals surface area contributed by atoms with Gasteiger partial charge in [0, 0.05) is 30.9 Å². The van der Waals surface area contributed by atoms with Gasteiger partial charge in [0.05, 0.1) is 23.9 Å². The van der Waals surface area contributed by atoms with E-state index < -0.39 is 17.5 Å². The minimum Gasteiger partial charge on any atom is -0.467 e. The largest absolute Gasteiger partial charge is 0.467 e. The van der Waals surface area contributed by atoms with Crippen molar-refractivity contribution in [3.05, 3.63) is 89.4 Å². The molecule has 0 spiro atoms. The average molecular weight is 439 g/mol. The van der Waals surface area contributed by atoms with Crippen LogP contribution in [0.4, 0.5) is 14.5 Å². The van der Waals surface area contributed by atoms with Crippen LogP contribution in [-0.2, 0) is 6.54 Å². The second kappa shape index (κ2) is 9.64. The Morgan fingerprint density at radius 3 is 2.47 bits per heavy atom. The Kier molecular flexibility index (Phi) is 6.49. The van der Waals surface area contributed by atoms with Gasteiger partial charge in [0.2, 0.25) is 0 Å². The van der Waals surface area contributed by atoms with Crippen molar-refractivity contribution in [2.24, 2.45) is 0 Å². The number of furan rings is 1. The monoisotopic (exact) mass is 439 g/mol. The van der Waals surface area contributed by atoms with Crippen molar-refractivity contribution in [3.63, 3.8) is 0 Å². The third-order valence-corrected chi connectivity index (χ3v) is 5.50. The van der Waals surface area contributed by atoms with E-state index in [0.717, 1.165) is 17.8 Å². The lowest BCUT2D eigenvalue weighted by Gasteiger charge is -2.35. The van der Waals surface area contributed by atoms with Crippen molar-refractivity contribution in [3.8, 4) is 0 Å². The number of nitrogens with zero attached hydrogens (tertiary/aromatic N) is 1. The lowest BCUT2D eigenvalue weighted by Crippen LogP contribution is -2.45. The highest BCUT2D eigenvalue weighted by molar-refractivity contribution is 5.99. The highest BCUT2D eigenvalue weighted by Crippen LogP contribution is 2.25. The third-order valence-electron chi connectivity index (χ3n) is 5.50. The first kappa shape index (κ1) is 21.5. The molecule has 0 radical (unpaired) electrons. The molecule has 0 aliphatic carbocycles. The number of nitrogens with one attached hydrogen (secondary N) is 2. The van der Waals surface area contributed by atoms with Crippen molar-refractivity contribution in [1.29, 1.82) is 0 Å². The third kappa shape index (κ3) is 4.96. The average Bonchev–Trinajstić information content (AvgIpc) is 3.32. The molecule has 32 heavy (non-hydrogen) atoms. The minimum absolute atomic E-state index is 0.136. The maximum Gasteiger partial charge on any atom is 0.254 e. The van der Waals surface area contributed by atoms with Crippen LogP contribution in [-0.4, -0.2) is 30.9 Å². The Balaban J connectivity index is 1.36. The lowest BCUT2D eigenvalue weighted by molar-refractivity contribution is 0.0925. The summed E-state index contributed by atoms with van der Waals surface area (Å²) in [5, 5.41) is 5.69. The summed E-state index contributed by atoms with van der Waals surface area (Å²) in [5.41, 5.74) is 1.21. The van der Waals surface area contributed by atoms with E-state index in [1.165, 1.54) is 0 Å². The summed E-state index contributed by atoms with van der Waals surface area (Å²) in [7, 11) is 0. The minimum atomic E-state index is -0.880. The topological polar surface area (TPSA) is 74.6 Å². The van der Waals surface area contributed by atoms with Crippen LogP contribution in [0, 0.1) is 11.6 Å². The second-order valence-electron chi connectivity index (χ2n) is 7.64. The van der Waals surface area contributed by atoms with E-state index in [2.05, 4.69) is 15.5 Å². The van der Waals surface area contributed by atoms with Crippen LogP contribution in [0.1, 0.15) is 39.3 Å². The van der Waals surface area contributed by atoms with Gasteiger partial charge in [0.1, 0.15) is 17.4 Å². The summed E-state index contributed by atoms with van der Waals surface area (Å²) in [6, 6.07) is 13.7. The maximum absolute atomic E-state index is 13.9. The first-order valence-electron chi connectivity index (χ1n) is 10.4. The molecule has 1 aliphatic heterocycles. The first-order valence-corrected chi connectivity index (χ1v) is 10.4. The number of para-hydroxylation sites is 1. The molecule has 2 aromatic carbocycles. The quantitative estimate of drug-likeness (QED) is 0.611. The summed E-state index contributed by atoms with van der Waals surface area (Å²) in [6.07, 6.45) is 2.83. The molecule has 3 aromatic rings. The molecular formula is C24H23F2N3O3. The Labute approximate surface area is 184 Å². The number of hydrogen-bond acceptors (Lipinski definition) is 4. The fourth-order valence-electron chi connectivity index (χ4n) is 3.82. The Bertz CT molecular complexity index is 1090. The molecule has 1 aromatic heterocycles. The molecule has 1 aliphatic rings. The van der Waals surface area contributed by atoms with Gasteiger partial charge in [-0.1, -0.05) is 12.1 Å². The number of halogens is 2. The van der Waals surface area contributed by atoms with E-state index in [1.807, 2.05) is 18.2 Å². The molecule has 0 saturated carbocycles. The van der Waals surface area contributed by atoms with Crippen LogP contribution in [0.25, 0.3) is 0 Å². The molecule has 0 atom stereocenters. The van der Waals surface area contributed by atoms with Crippen LogP contribution < -0.4 is 15.5 Å². The van der Waals surface area contributed by atoms with E-state index in [9.17, 15) is 18.4 Å². The predicted molar refractivity (Wildman–Crippen MR) is 115 cm³/mol. The number of piperidine rings is 1. The molecule has 1 fully saturated rings. The molecule has 166 valence electrons. The number of amides is 2. The summed E-state index contributed by atoms with van der Waals surface area (Å²) >= 11 is 0. The SMILES string of the molecule is O=C(NC1CCN(c2ccccc2C(=O)NCc2ccco2)CC1)c1ccc(F)cc1F. The first-order chi connectivity index (χ1) is 15.5. The van der Waals surface area contributed by atoms with Crippen molar-refractivity contribution in [2.75, 3.05) is 18.0 Å². The van der Waals surface area contributed by atoms with Crippen molar-refractivity contribution in [2.45, 2.75) is 25.4 Å². The van der Waals surface area contributed by atoms with Gasteiger partial charge in [-0.15, -0.1) is 0 Å². The van der Waals surface area contributed by atoms with Gasteiger partial charge >= 0.3 is 0 Å². The van der Waals surface area contributed by atoms with Crippen LogP contribution in [0.2, 0.25) is 0 Å². The van der Waals surface area contributed by atoms with Crippen molar-refractivity contribution >= 4 is 17.5 Å². The second-order valence-corrected chi connectivity index (χ2v) is 7.64. The van der Waals surface area contributed by atoms with Crippen LogP contribution in [0.15, 0.2) is 65.3 Å². The Morgan fingerprint density at radius 2 is 1.75 bits per heavy atom. The molecule has 6 nitrogen and oxygen atoms in total. The Morgan fingerprint density at radius 1 is 0.969 bits per heavy atom.